The van der Waals surface area contributed by atoms with Crippen molar-refractivity contribution in [1.29, 1.82) is 0 Å². The first-order valence-corrected chi connectivity index (χ1v) is 8.15. The molecule has 3 N–H and O–H groups in total. The molecule has 4 nitrogen and oxygen atoms in total. The number of nitrogens with one attached hydrogen (secondary N) is 1. The Hall–Kier alpha value is -0.690. The first kappa shape index (κ1) is 17.4. The number of hydrogen-bond acceptors (Lipinski definition) is 3. The number of hydrogen-bond donors (Lipinski definition) is 2. The molecule has 0 radical (unpaired) electrons. The second-order valence-electron chi connectivity index (χ2n) is 5.52. The predicted molar refractivity (Wildman–Crippen MR) is 78.6 cm³/mol. The zero-order valence-corrected chi connectivity index (χ0v) is 13.4. The molecule has 114 valence electrons. The summed E-state index contributed by atoms with van der Waals surface area (Å²) in [4.78, 5) is -0.464. The van der Waals surface area contributed by atoms with Crippen LogP contribution in [0.5, 0.6) is 0 Å². The lowest BCUT2D eigenvalue weighted by Crippen LogP contribution is -2.52. The van der Waals surface area contributed by atoms with Crippen LogP contribution in [-0.2, 0) is 10.0 Å². The van der Waals surface area contributed by atoms with Crippen LogP contribution in [0.2, 0.25) is 5.02 Å². The largest absolute Gasteiger partial charge is 0.329 e. The second-order valence-corrected chi connectivity index (χ2v) is 7.58. The molecular formula is C13H20ClFN2O2S. The summed E-state index contributed by atoms with van der Waals surface area (Å²) in [6, 6.07) is 3.87. The zero-order valence-electron chi connectivity index (χ0n) is 11.8. The summed E-state index contributed by atoms with van der Waals surface area (Å²) < 4.78 is 40.9. The third-order valence-electron chi connectivity index (χ3n) is 2.90. The molecule has 0 heterocycles. The van der Waals surface area contributed by atoms with E-state index in [1.165, 1.54) is 18.2 Å². The Labute approximate surface area is 124 Å². The van der Waals surface area contributed by atoms with Crippen LogP contribution in [0.25, 0.3) is 0 Å². The van der Waals surface area contributed by atoms with Gasteiger partial charge >= 0.3 is 0 Å². The van der Waals surface area contributed by atoms with E-state index in [-0.39, 0.29) is 17.5 Å². The molecule has 1 atom stereocenters. The first-order valence-electron chi connectivity index (χ1n) is 6.29. The molecule has 7 heteroatoms. The molecule has 20 heavy (non-hydrogen) atoms. The van der Waals surface area contributed by atoms with Crippen molar-refractivity contribution < 1.29 is 12.8 Å². The van der Waals surface area contributed by atoms with Gasteiger partial charge in [-0.2, -0.15) is 0 Å². The minimum atomic E-state index is -4.02. The van der Waals surface area contributed by atoms with Crippen LogP contribution in [-0.4, -0.2) is 20.5 Å². The van der Waals surface area contributed by atoms with E-state index in [4.69, 9.17) is 17.3 Å². The van der Waals surface area contributed by atoms with Crippen molar-refractivity contribution in [1.82, 2.24) is 4.72 Å². The van der Waals surface area contributed by atoms with Crippen LogP contribution in [0.15, 0.2) is 23.1 Å². The molecule has 0 aliphatic carbocycles. The highest BCUT2D eigenvalue weighted by Crippen LogP contribution is 2.24. The van der Waals surface area contributed by atoms with Gasteiger partial charge in [0.2, 0.25) is 10.0 Å². The van der Waals surface area contributed by atoms with Crippen LogP contribution < -0.4 is 10.5 Å². The average molecular weight is 323 g/mol. The van der Waals surface area contributed by atoms with Crippen LogP contribution in [0.1, 0.15) is 27.2 Å². The lowest BCUT2D eigenvalue weighted by molar-refractivity contribution is 0.344. The Kier molecular flexibility index (Phi) is 5.54. The maximum Gasteiger partial charge on any atom is 0.244 e. The normalized spacial score (nSPS) is 15.3. The third kappa shape index (κ3) is 4.15. The number of nitrogens with two attached hydrogens (primary N) is 1. The second kappa shape index (κ2) is 6.39. The number of benzene rings is 1. The van der Waals surface area contributed by atoms with Gasteiger partial charge in [0, 0.05) is 12.1 Å². The van der Waals surface area contributed by atoms with Crippen molar-refractivity contribution in [2.75, 3.05) is 6.54 Å². The van der Waals surface area contributed by atoms with E-state index >= 15 is 0 Å². The van der Waals surface area contributed by atoms with E-state index in [2.05, 4.69) is 4.72 Å². The molecule has 0 bridgehead atoms. The topological polar surface area (TPSA) is 72.2 Å². The quantitative estimate of drug-likeness (QED) is 0.845. The summed E-state index contributed by atoms with van der Waals surface area (Å²) in [6.45, 7) is 5.74. The van der Waals surface area contributed by atoms with Crippen LogP contribution in [0.3, 0.4) is 0 Å². The Morgan fingerprint density at radius 3 is 2.55 bits per heavy atom. The van der Waals surface area contributed by atoms with Gasteiger partial charge in [-0.3, -0.25) is 0 Å². The highest BCUT2D eigenvalue weighted by Gasteiger charge is 2.32. The maximum atomic E-state index is 13.9. The summed E-state index contributed by atoms with van der Waals surface area (Å²) in [7, 11) is -4.02. The Morgan fingerprint density at radius 1 is 1.45 bits per heavy atom. The van der Waals surface area contributed by atoms with E-state index < -0.39 is 26.3 Å². The summed E-state index contributed by atoms with van der Waals surface area (Å²) >= 11 is 5.62. The molecule has 1 unspecified atom stereocenters. The highest BCUT2D eigenvalue weighted by molar-refractivity contribution is 7.89. The lowest BCUT2D eigenvalue weighted by Gasteiger charge is -2.30. The Balaban J connectivity index is 3.14. The van der Waals surface area contributed by atoms with Crippen LogP contribution in [0.4, 0.5) is 4.39 Å². The average Bonchev–Trinajstić information content (AvgIpc) is 2.30. The fourth-order valence-electron chi connectivity index (χ4n) is 2.14. The smallest absolute Gasteiger partial charge is 0.244 e. The molecule has 0 saturated heterocycles. The first-order chi connectivity index (χ1) is 9.11. The van der Waals surface area contributed by atoms with Crippen LogP contribution >= 0.6 is 11.6 Å². The minimum absolute atomic E-state index is 0.118. The van der Waals surface area contributed by atoms with Crippen molar-refractivity contribution in [2.45, 2.75) is 37.6 Å². The molecule has 1 aromatic rings. The number of halogens is 2. The number of rotatable bonds is 6. The molecule has 1 rings (SSSR count). The SMILES string of the molecule is CC(C)CC(C)(CN)NS(=O)(=O)c1cccc(Cl)c1F. The molecule has 0 amide bonds. The summed E-state index contributed by atoms with van der Waals surface area (Å²) in [5.74, 6) is -0.707. The summed E-state index contributed by atoms with van der Waals surface area (Å²) in [5, 5.41) is -0.230. The fraction of sp³-hybridized carbons (Fsp3) is 0.538. The maximum absolute atomic E-state index is 13.9. The van der Waals surface area contributed by atoms with Gasteiger partial charge in [0.15, 0.2) is 5.82 Å². The van der Waals surface area contributed by atoms with Gasteiger partial charge in [-0.15, -0.1) is 0 Å². The standard InChI is InChI=1S/C13H20ClFN2O2S/c1-9(2)7-13(3,8-16)17-20(18,19)11-6-4-5-10(14)12(11)15/h4-6,9,17H,7-8,16H2,1-3H3. The monoisotopic (exact) mass is 322 g/mol. The molecule has 0 spiro atoms. The van der Waals surface area contributed by atoms with Gasteiger partial charge in [0.1, 0.15) is 4.90 Å². The molecule has 0 fully saturated rings. The van der Waals surface area contributed by atoms with E-state index in [1.807, 2.05) is 13.8 Å². The van der Waals surface area contributed by atoms with E-state index in [9.17, 15) is 12.8 Å². The van der Waals surface area contributed by atoms with Crippen molar-refractivity contribution in [2.24, 2.45) is 11.7 Å². The van der Waals surface area contributed by atoms with E-state index in [1.54, 1.807) is 6.92 Å². The Bertz CT molecular complexity index is 578. The van der Waals surface area contributed by atoms with E-state index in [0.29, 0.717) is 6.42 Å². The zero-order chi connectivity index (χ0) is 15.6. The summed E-state index contributed by atoms with van der Waals surface area (Å²) in [6.07, 6.45) is 0.547. The predicted octanol–water partition coefficient (Wildman–Crippen LogP) is 2.52. The van der Waals surface area contributed by atoms with Gasteiger partial charge < -0.3 is 5.73 Å². The van der Waals surface area contributed by atoms with Gasteiger partial charge in [-0.1, -0.05) is 31.5 Å². The summed E-state index contributed by atoms with van der Waals surface area (Å²) in [5.41, 5.74) is 4.83. The Morgan fingerprint density at radius 2 is 2.05 bits per heavy atom. The minimum Gasteiger partial charge on any atom is -0.329 e. The van der Waals surface area contributed by atoms with Gasteiger partial charge in [-0.05, 0) is 31.4 Å². The van der Waals surface area contributed by atoms with Crippen molar-refractivity contribution in [3.8, 4) is 0 Å². The third-order valence-corrected chi connectivity index (χ3v) is 4.84. The number of sulfonamides is 1. The molecule has 0 aliphatic heterocycles. The molecule has 0 aromatic heterocycles. The molecule has 0 saturated carbocycles. The van der Waals surface area contributed by atoms with Gasteiger partial charge in [-0.25, -0.2) is 17.5 Å². The lowest BCUT2D eigenvalue weighted by atomic mass is 9.92. The van der Waals surface area contributed by atoms with E-state index in [0.717, 1.165) is 0 Å². The van der Waals surface area contributed by atoms with Crippen molar-refractivity contribution in [3.63, 3.8) is 0 Å². The van der Waals surface area contributed by atoms with Crippen LogP contribution in [0, 0.1) is 11.7 Å². The van der Waals surface area contributed by atoms with Gasteiger partial charge in [0.05, 0.1) is 5.02 Å². The van der Waals surface area contributed by atoms with Crippen molar-refractivity contribution >= 4 is 21.6 Å². The highest BCUT2D eigenvalue weighted by atomic mass is 35.5. The molecule has 0 aliphatic rings. The fourth-order valence-corrected chi connectivity index (χ4v) is 3.90. The van der Waals surface area contributed by atoms with Gasteiger partial charge in [0.25, 0.3) is 0 Å². The van der Waals surface area contributed by atoms with Crippen molar-refractivity contribution in [3.05, 3.63) is 29.0 Å². The molecule has 1 aromatic carbocycles. The molecular weight excluding hydrogens is 303 g/mol.